The maximum Gasteiger partial charge on any atom is 2.00 e. The fraction of sp³-hybridized carbons (Fsp3) is 0.500. The molecule has 72 valence electrons. The van der Waals surface area contributed by atoms with E-state index in [0.29, 0.717) is 0 Å². The van der Waals surface area contributed by atoms with Crippen LogP contribution in [-0.4, -0.2) is 93.0 Å². The van der Waals surface area contributed by atoms with E-state index in [1.165, 1.54) is 0 Å². The van der Waals surface area contributed by atoms with E-state index in [1.807, 2.05) is 0 Å². The Labute approximate surface area is 115 Å². The molecule has 2 atom stereocenters. The van der Waals surface area contributed by atoms with Gasteiger partial charge in [-0.1, -0.05) is 0 Å². The minimum Gasteiger partial charge on any atom is -1.00 e. The number of hydrogen-bond acceptors (Lipinski definition) is 6. The molecular weight excluding hydrogens is 256 g/mol. The van der Waals surface area contributed by atoms with Gasteiger partial charge in [0, 0.05) is 0 Å². The summed E-state index contributed by atoms with van der Waals surface area (Å²) >= 11 is 0. The second kappa shape index (κ2) is 8.94. The van der Waals surface area contributed by atoms with E-state index < -0.39 is 24.1 Å². The van der Waals surface area contributed by atoms with E-state index >= 15 is 0 Å². The molecule has 0 saturated heterocycles. The Morgan fingerprint density at radius 1 is 1.31 bits per heavy atom. The largest absolute Gasteiger partial charge is 2.00 e. The van der Waals surface area contributed by atoms with Crippen LogP contribution in [0.15, 0.2) is 0 Å². The number of carboxylic acid groups (broad SMARTS) is 1. The van der Waals surface area contributed by atoms with Crippen molar-refractivity contribution in [3.8, 4) is 0 Å². The number of aliphatic carboxylic acids is 1. The minimum atomic E-state index is -2.22. The molecule has 0 rings (SSSR count). The van der Waals surface area contributed by atoms with E-state index in [1.54, 1.807) is 0 Å². The van der Waals surface area contributed by atoms with E-state index in [-0.39, 0.29) is 54.5 Å². The van der Waals surface area contributed by atoms with Crippen LogP contribution in [0.3, 0.4) is 0 Å². The van der Waals surface area contributed by atoms with Gasteiger partial charge in [-0.25, -0.2) is 4.79 Å². The van der Waals surface area contributed by atoms with Gasteiger partial charge in [0.15, 0.2) is 12.2 Å². The Bertz CT molecular complexity index is 187. The van der Waals surface area contributed by atoms with Crippen molar-refractivity contribution in [3.05, 3.63) is 0 Å². The first-order valence-corrected chi connectivity index (χ1v) is 2.50. The quantitative estimate of drug-likeness (QED) is 0.412. The maximum absolute atomic E-state index is 10.2. The zero-order valence-electron chi connectivity index (χ0n) is 8.71. The zero-order valence-corrected chi connectivity index (χ0v) is 10.2. The first-order chi connectivity index (χ1) is 5.00. The van der Waals surface area contributed by atoms with Gasteiger partial charge in [0.1, 0.15) is 0 Å². The van der Waals surface area contributed by atoms with Crippen LogP contribution in [0.4, 0.5) is 0 Å². The van der Waals surface area contributed by atoms with E-state index in [9.17, 15) is 9.59 Å². The van der Waals surface area contributed by atoms with E-state index in [2.05, 4.69) is 12.7 Å². The van der Waals surface area contributed by atoms with E-state index in [4.69, 9.17) is 15.3 Å². The summed E-state index contributed by atoms with van der Waals surface area (Å²) in [6, 6.07) is 0. The fourth-order valence-electron chi connectivity index (χ4n) is 0.334. The third-order valence-corrected chi connectivity index (χ3v) is 0.910. The van der Waals surface area contributed by atoms with Crippen molar-refractivity contribution in [1.29, 1.82) is 0 Å². The molecule has 0 heterocycles. The minimum absolute atomic E-state index is 0. The number of aliphatic hydroxyl groups is 2. The van der Waals surface area contributed by atoms with Crippen LogP contribution >= 0.6 is 0 Å². The van der Waals surface area contributed by atoms with Gasteiger partial charge < -0.3 is 29.0 Å². The van der Waals surface area contributed by atoms with Crippen LogP contribution in [0, 0.1) is 0 Å². The van der Waals surface area contributed by atoms with Crippen LogP contribution in [0.2, 0.25) is 0 Å². The normalized spacial score (nSPS) is 12.8. The third kappa shape index (κ3) is 6.44. The molecule has 0 spiro atoms. The summed E-state index contributed by atoms with van der Waals surface area (Å²) in [6.07, 6.45) is -4.37. The Hall–Kier alpha value is 0.365. The van der Waals surface area contributed by atoms with Crippen molar-refractivity contribution in [3.63, 3.8) is 0 Å². The Balaban J connectivity index is -0.0000000833. The smallest absolute Gasteiger partial charge is 1.00 e. The summed E-state index contributed by atoms with van der Waals surface area (Å²) < 4.78 is 3.47. The van der Waals surface area contributed by atoms with Crippen molar-refractivity contribution < 1.29 is 32.4 Å². The van der Waals surface area contributed by atoms with Crippen LogP contribution in [-0.2, 0) is 14.2 Å². The van der Waals surface area contributed by atoms with E-state index in [0.717, 1.165) is 0 Å². The van der Waals surface area contributed by atoms with Gasteiger partial charge in [-0.05, 0) is 0 Å². The molecule has 0 aliphatic heterocycles. The molecule has 0 fully saturated rings. The van der Waals surface area contributed by atoms with Crippen LogP contribution in [0.5, 0.6) is 0 Å². The number of hydrogen-bond donors (Lipinski definition) is 4. The summed E-state index contributed by atoms with van der Waals surface area (Å²) in [5.74, 6) is -3.14. The average molecular weight is 267 g/mol. The van der Waals surface area contributed by atoms with Gasteiger partial charge >= 0.3 is 65.5 Å². The van der Waals surface area contributed by atoms with Crippen LogP contribution in [0.1, 0.15) is 2.85 Å². The molecule has 13 heavy (non-hydrogen) atoms. The molecule has 0 aromatic rings. The summed E-state index contributed by atoms with van der Waals surface area (Å²) in [4.78, 5) is 20.1. The Kier molecular flexibility index (Phi) is 13.1. The predicted octanol–water partition coefficient (Wildman–Crippen LogP) is -2.57. The van der Waals surface area contributed by atoms with Gasteiger partial charge in [-0.15, -0.1) is 0 Å². The first-order valence-electron chi connectivity index (χ1n) is 2.50. The molecule has 0 bridgehead atoms. The molecule has 9 heteroatoms. The summed E-state index contributed by atoms with van der Waals surface area (Å²) in [5.41, 5.74) is 0. The summed E-state index contributed by atoms with van der Waals surface area (Å²) in [7, 11) is 4.30. The van der Waals surface area contributed by atoms with Gasteiger partial charge in [0.25, 0.3) is 0 Å². The van der Waals surface area contributed by atoms with Crippen molar-refractivity contribution in [2.75, 3.05) is 0 Å². The maximum atomic E-state index is 10.2. The summed E-state index contributed by atoms with van der Waals surface area (Å²) in [6.45, 7) is 0. The molecule has 0 amide bonds. The van der Waals surface area contributed by atoms with Gasteiger partial charge in [-0.3, -0.25) is 4.79 Å². The Morgan fingerprint density at radius 3 is 1.92 bits per heavy atom. The standard InChI is InChI=1S/C4H5BO6.H3N.Sr.2H/c5-11-4(10)2(7)1(6)3(8)9;;;;/h1-2,6-7H,(H,8,9);1H3;;;/q;;+2;2*-1. The molecule has 0 aromatic carbocycles. The van der Waals surface area contributed by atoms with Crippen LogP contribution in [0.25, 0.3) is 0 Å². The molecule has 2 radical (unpaired) electrons. The monoisotopic (exact) mass is 267 g/mol. The second-order valence-corrected chi connectivity index (χ2v) is 1.66. The molecular formula is C4H10BNO6Sr. The fourth-order valence-corrected chi connectivity index (χ4v) is 0.334. The molecule has 0 aromatic heterocycles. The van der Waals surface area contributed by atoms with Gasteiger partial charge in [-0.2, -0.15) is 0 Å². The first kappa shape index (κ1) is 19.0. The second-order valence-electron chi connectivity index (χ2n) is 1.66. The summed E-state index contributed by atoms with van der Waals surface area (Å²) in [5, 5.41) is 25.1. The Morgan fingerprint density at radius 2 is 1.69 bits per heavy atom. The number of carbonyl (C=O) groups excluding carboxylic acids is 1. The predicted molar refractivity (Wildman–Crippen MR) is 44.5 cm³/mol. The van der Waals surface area contributed by atoms with Gasteiger partial charge in [0.05, 0.1) is 0 Å². The number of rotatable bonds is 3. The average Bonchev–Trinajstić information content (AvgIpc) is 2.00. The van der Waals surface area contributed by atoms with Crippen molar-refractivity contribution in [2.24, 2.45) is 0 Å². The topological polar surface area (TPSA) is 139 Å². The van der Waals surface area contributed by atoms with Crippen molar-refractivity contribution >= 4 is 65.5 Å². The molecule has 0 aliphatic rings. The molecule has 6 N–H and O–H groups in total. The number of carbonyl (C=O) groups is 2. The zero-order chi connectivity index (χ0) is 9.02. The molecule has 0 aliphatic carbocycles. The SMILES string of the molecule is N.[B]OC(=O)C(O)C(O)C(=O)O.[H-].[H-].[Sr+2]. The molecule has 0 saturated carbocycles. The molecule has 2 unspecified atom stereocenters. The van der Waals surface area contributed by atoms with Crippen LogP contribution < -0.4 is 6.15 Å². The number of aliphatic hydroxyl groups excluding tert-OH is 2. The molecule has 7 nitrogen and oxygen atoms in total. The van der Waals surface area contributed by atoms with Crippen molar-refractivity contribution in [1.82, 2.24) is 6.15 Å². The van der Waals surface area contributed by atoms with Crippen molar-refractivity contribution in [2.45, 2.75) is 12.2 Å². The number of carboxylic acids is 1. The van der Waals surface area contributed by atoms with Gasteiger partial charge in [0.2, 0.25) is 0 Å². The third-order valence-electron chi connectivity index (χ3n) is 0.910.